The SMILES string of the molecule is C=C(CBr)C(=O)OC(C)(C)CCCCC(=O)C[C@H](C(=O)N[C@@H](CCCNC(N)=O)C(=O)Cc1ccc(C(=O)N(C)[C@@H](C)C(=O)O[C@H]2CC(=O)N(C)c3cc(cc(C)c3Cl)C/C(C)=C/C=C/[C@@H](OC)[C@]3(O)CC(=O)O[C@@H](C3)[C@@H](C)[C@@H]3O[C@@]23C)cc1C)C(C)C. The number of anilines is 1. The number of nitrogens with zero attached hydrogens (tertiary/aromatic N) is 2. The predicted octanol–water partition coefficient (Wildman–Crippen LogP) is 8.80. The molecule has 5 rings (SSSR count). The molecule has 10 atom stereocenters. The molecule has 20 nitrogen and oxygen atoms in total. The lowest BCUT2D eigenvalue weighted by Crippen LogP contribution is -2.53. The van der Waals surface area contributed by atoms with E-state index in [0.29, 0.717) is 58.4 Å². The highest BCUT2D eigenvalue weighted by molar-refractivity contribution is 9.09. The molecule has 0 radical (unpaired) electrons. The van der Waals surface area contributed by atoms with E-state index in [-0.39, 0.29) is 81.0 Å². The highest BCUT2D eigenvalue weighted by atomic mass is 79.9. The van der Waals surface area contributed by atoms with E-state index in [4.69, 9.17) is 41.0 Å². The lowest BCUT2D eigenvalue weighted by atomic mass is 9.78. The second-order valence-corrected chi connectivity index (χ2v) is 26.1. The number of unbranched alkanes of at least 4 members (excludes halogenated alkanes) is 1. The van der Waals surface area contributed by atoms with Crippen LogP contribution in [-0.4, -0.2) is 150 Å². The summed E-state index contributed by atoms with van der Waals surface area (Å²) in [5.74, 6) is -5.52. The topological polar surface area (TPSA) is 280 Å². The fourth-order valence-electron chi connectivity index (χ4n) is 11.4. The molecule has 2 fully saturated rings. The van der Waals surface area contributed by atoms with Crippen LogP contribution in [0.2, 0.25) is 5.02 Å². The van der Waals surface area contributed by atoms with Gasteiger partial charge in [-0.2, -0.15) is 0 Å². The van der Waals surface area contributed by atoms with E-state index in [9.17, 15) is 48.3 Å². The molecule has 88 heavy (non-hydrogen) atoms. The number of fused-ring (bicyclic) bond motifs is 5. The van der Waals surface area contributed by atoms with E-state index in [1.54, 1.807) is 66.0 Å². The highest BCUT2D eigenvalue weighted by Crippen LogP contribution is 2.50. The molecule has 484 valence electrons. The number of hydrogen-bond acceptors (Lipinski definition) is 15. The molecule has 0 aromatic heterocycles. The van der Waals surface area contributed by atoms with E-state index >= 15 is 0 Å². The van der Waals surface area contributed by atoms with Gasteiger partial charge < -0.3 is 55.0 Å². The lowest BCUT2D eigenvalue weighted by molar-refractivity contribution is -0.187. The summed E-state index contributed by atoms with van der Waals surface area (Å²) >= 11 is 10.1. The third-order valence-electron chi connectivity index (χ3n) is 17.2. The number of benzene rings is 2. The first-order chi connectivity index (χ1) is 41.1. The number of aliphatic hydroxyl groups is 1. The van der Waals surface area contributed by atoms with Gasteiger partial charge in [0.25, 0.3) is 5.91 Å². The number of primary amides is 1. The van der Waals surface area contributed by atoms with E-state index < -0.39 is 107 Å². The van der Waals surface area contributed by atoms with Crippen LogP contribution in [0.3, 0.4) is 0 Å². The number of aryl methyl sites for hydroxylation is 2. The van der Waals surface area contributed by atoms with Crippen LogP contribution in [0.4, 0.5) is 10.5 Å². The predicted molar refractivity (Wildman–Crippen MR) is 338 cm³/mol. The summed E-state index contributed by atoms with van der Waals surface area (Å²) in [6, 6.07) is 5.55. The molecule has 0 aliphatic carbocycles. The first kappa shape index (κ1) is 72.5. The molecule has 4 bridgehead atoms. The molecule has 2 aromatic carbocycles. The number of amides is 5. The Balaban J connectivity index is 1.31. The molecule has 0 spiro atoms. The van der Waals surface area contributed by atoms with Gasteiger partial charge in [0, 0.05) is 81.7 Å². The van der Waals surface area contributed by atoms with Crippen molar-refractivity contribution in [2.45, 2.75) is 200 Å². The number of allylic oxidation sites excluding steroid dienone is 3. The largest absolute Gasteiger partial charge is 0.462 e. The summed E-state index contributed by atoms with van der Waals surface area (Å²) in [7, 11) is 4.48. The quantitative estimate of drug-likeness (QED) is 0.0180. The van der Waals surface area contributed by atoms with Gasteiger partial charge in [0.2, 0.25) is 11.8 Å². The maximum Gasteiger partial charge on any atom is 0.334 e. The van der Waals surface area contributed by atoms with Crippen molar-refractivity contribution in [2.75, 3.05) is 38.0 Å². The zero-order chi connectivity index (χ0) is 65.7. The Morgan fingerprint density at radius 3 is 2.36 bits per heavy atom. The first-order valence-electron chi connectivity index (χ1n) is 30.1. The number of methoxy groups -OCH3 is 1. The average molecular weight is 1310 g/mol. The van der Waals surface area contributed by atoms with Crippen LogP contribution < -0.4 is 21.3 Å². The number of halogens is 2. The Kier molecular flexibility index (Phi) is 25.9. The molecule has 3 aliphatic heterocycles. The second-order valence-electron chi connectivity index (χ2n) is 25.2. The highest BCUT2D eigenvalue weighted by Gasteiger charge is 2.64. The number of carbonyl (C=O) groups excluding carboxylic acids is 9. The Morgan fingerprint density at radius 1 is 1.03 bits per heavy atom. The van der Waals surface area contributed by atoms with Gasteiger partial charge in [0.1, 0.15) is 46.9 Å². The van der Waals surface area contributed by atoms with Crippen LogP contribution in [0, 0.1) is 31.6 Å². The number of urea groups is 1. The molecular formula is C66H91BrClN5O15. The minimum absolute atomic E-state index is 0.000991. The standard InChI is InChI=1S/C66H91BrClN5O15/c1-37(2)48(32-47(74)20-15-16-25-64(9,10)88-61(80)41(6)36-67)59(78)71-49(21-18-26-70-63(69)82)51(75)31-45-23-24-46(29-39(45)4)60(79)72(12)43(8)62(81)86-54-33-55(76)73(13)50-30-44(28-40(5)57(50)68)27-38(3)19-17-22-53(84-14)66(83)34-52(85-56(77)35-66)42(7)58-65(54,11)87-58/h17,19,22-24,28-30,37,42-43,48-49,52-54,58,83H,6,15-16,18,20-21,25-27,31-36H2,1-5,7-14H3,(H,71,78)(H3,69,70,82)/b22-17+,38-19+/t42-,43+,48+,49+,52+,53-,54+,58+,65+,66-/m1/s1. The Morgan fingerprint density at radius 2 is 1.73 bits per heavy atom. The van der Waals surface area contributed by atoms with E-state index in [1.807, 2.05) is 45.9 Å². The van der Waals surface area contributed by atoms with Crippen molar-refractivity contribution in [1.29, 1.82) is 0 Å². The zero-order valence-electron chi connectivity index (χ0n) is 53.3. The van der Waals surface area contributed by atoms with Crippen molar-refractivity contribution in [3.8, 4) is 0 Å². The van der Waals surface area contributed by atoms with E-state index in [2.05, 4.69) is 33.1 Å². The van der Waals surface area contributed by atoms with Gasteiger partial charge in [0.15, 0.2) is 5.78 Å². The van der Waals surface area contributed by atoms with Gasteiger partial charge in [-0.1, -0.05) is 90.8 Å². The summed E-state index contributed by atoms with van der Waals surface area (Å²) in [4.78, 5) is 124. The van der Waals surface area contributed by atoms with Crippen LogP contribution >= 0.6 is 27.5 Å². The Hall–Kier alpha value is -6.26. The smallest absolute Gasteiger partial charge is 0.334 e. The fraction of sp³-hybridized carbons (Fsp3) is 0.591. The van der Waals surface area contributed by atoms with Crippen molar-refractivity contribution in [1.82, 2.24) is 15.5 Å². The molecule has 3 aliphatic rings. The third-order valence-corrected chi connectivity index (χ3v) is 18.4. The Bertz CT molecular complexity index is 3020. The van der Waals surface area contributed by atoms with Crippen molar-refractivity contribution < 1.29 is 71.9 Å². The van der Waals surface area contributed by atoms with Crippen LogP contribution in [0.1, 0.15) is 152 Å². The van der Waals surface area contributed by atoms with Gasteiger partial charge in [-0.15, -0.1) is 0 Å². The zero-order valence-corrected chi connectivity index (χ0v) is 55.7. The molecule has 0 saturated carbocycles. The van der Waals surface area contributed by atoms with Crippen LogP contribution in [0.5, 0.6) is 0 Å². The summed E-state index contributed by atoms with van der Waals surface area (Å²) in [5, 5.41) is 18.1. The molecule has 3 heterocycles. The molecule has 22 heteroatoms. The van der Waals surface area contributed by atoms with Gasteiger partial charge in [-0.05, 0) is 133 Å². The maximum atomic E-state index is 14.5. The summed E-state index contributed by atoms with van der Waals surface area (Å²) in [6.45, 7) is 21.6. The van der Waals surface area contributed by atoms with Gasteiger partial charge in [-0.25, -0.2) is 14.4 Å². The van der Waals surface area contributed by atoms with E-state index in [0.717, 1.165) is 16.7 Å². The Labute approximate surface area is 531 Å². The van der Waals surface area contributed by atoms with Crippen LogP contribution in [-0.2, 0) is 70.1 Å². The van der Waals surface area contributed by atoms with Crippen LogP contribution in [0.15, 0.2) is 66.3 Å². The number of esters is 3. The third kappa shape index (κ3) is 19.4. The van der Waals surface area contributed by atoms with Crippen molar-refractivity contribution >= 4 is 86.4 Å². The summed E-state index contributed by atoms with van der Waals surface area (Å²) in [6.07, 6.45) is 3.52. The van der Waals surface area contributed by atoms with E-state index in [1.165, 1.54) is 36.9 Å². The normalized spacial score (nSPS) is 24.3. The number of likely N-dealkylation sites (N-methyl/N-ethyl adjacent to an activating group) is 1. The van der Waals surface area contributed by atoms with Gasteiger partial charge >= 0.3 is 23.9 Å². The summed E-state index contributed by atoms with van der Waals surface area (Å²) in [5.41, 5.74) is 6.17. The number of nitrogens with one attached hydrogen (secondary N) is 2. The molecule has 2 saturated heterocycles. The number of carbonyl (C=O) groups is 9. The molecular weight excluding hydrogens is 1220 g/mol. The number of ketones is 2. The summed E-state index contributed by atoms with van der Waals surface area (Å²) < 4.78 is 29.8. The number of epoxide rings is 1. The van der Waals surface area contributed by atoms with Crippen LogP contribution in [0.25, 0.3) is 0 Å². The minimum atomic E-state index is -1.64. The van der Waals surface area contributed by atoms with Gasteiger partial charge in [0.05, 0.1) is 35.7 Å². The van der Waals surface area contributed by atoms with Crippen molar-refractivity contribution in [2.24, 2.45) is 23.5 Å². The average Bonchev–Trinajstić information content (AvgIpc) is 2.34. The number of ether oxygens (including phenoxy) is 5. The van der Waals surface area contributed by atoms with Crippen molar-refractivity contribution in [3.63, 3.8) is 0 Å². The molecule has 5 amide bonds. The number of rotatable bonds is 25. The number of Topliss-reactive ketones (excluding diaryl/α,β-unsaturated/α-hetero) is 2. The molecule has 2 aromatic rings. The first-order valence-corrected chi connectivity index (χ1v) is 31.6. The number of alkyl halides is 1. The molecule has 5 N–H and O–H groups in total. The second kappa shape index (κ2) is 31.5. The number of hydrogen-bond donors (Lipinski definition) is 4. The maximum absolute atomic E-state index is 14.5. The monoisotopic (exact) mass is 1310 g/mol. The minimum Gasteiger partial charge on any atom is -0.462 e. The van der Waals surface area contributed by atoms with Gasteiger partial charge in [-0.3, -0.25) is 28.8 Å². The lowest BCUT2D eigenvalue weighted by Gasteiger charge is -2.41. The van der Waals surface area contributed by atoms with Crippen molar-refractivity contribution in [3.05, 3.63) is 99.1 Å². The number of nitrogens with two attached hydrogens (primary N) is 1. The molecule has 0 unspecified atom stereocenters. The fourth-order valence-corrected chi connectivity index (χ4v) is 11.9.